The van der Waals surface area contributed by atoms with E-state index in [0.717, 1.165) is 23.7 Å². The number of piperidine rings is 1. The molecule has 0 saturated carbocycles. The second-order valence-corrected chi connectivity index (χ2v) is 8.03. The Morgan fingerprint density at radius 3 is 2.87 bits per heavy atom. The molecule has 2 heterocycles. The Morgan fingerprint density at radius 2 is 2.03 bits per heavy atom. The van der Waals surface area contributed by atoms with E-state index in [-0.39, 0.29) is 11.8 Å². The molecule has 1 aliphatic rings. The van der Waals surface area contributed by atoms with Crippen molar-refractivity contribution < 1.29 is 14.0 Å². The molecule has 1 unspecified atom stereocenters. The van der Waals surface area contributed by atoms with E-state index in [9.17, 15) is 14.0 Å². The molecule has 1 fully saturated rings. The van der Waals surface area contributed by atoms with E-state index in [4.69, 9.17) is 11.6 Å². The molecule has 0 radical (unpaired) electrons. The molecule has 0 aliphatic carbocycles. The van der Waals surface area contributed by atoms with Crippen molar-refractivity contribution in [3.8, 4) is 0 Å². The van der Waals surface area contributed by atoms with Gasteiger partial charge in [0.15, 0.2) is 0 Å². The van der Waals surface area contributed by atoms with Crippen LogP contribution in [0.5, 0.6) is 0 Å². The van der Waals surface area contributed by atoms with Crippen LogP contribution in [0, 0.1) is 11.7 Å². The SMILES string of the molecule is O=C(NCC1CCCN(C(=O)c2ccc3nc(Cl)ccc3c2)C1)Nc1cccc(F)c1. The molecule has 2 N–H and O–H groups in total. The number of fused-ring (bicyclic) bond motifs is 1. The third-order valence-corrected chi connectivity index (χ3v) is 5.55. The zero-order valence-electron chi connectivity index (χ0n) is 16.8. The molecule has 31 heavy (non-hydrogen) atoms. The molecule has 0 spiro atoms. The first-order valence-corrected chi connectivity index (χ1v) is 10.5. The summed E-state index contributed by atoms with van der Waals surface area (Å²) in [7, 11) is 0. The summed E-state index contributed by atoms with van der Waals surface area (Å²) < 4.78 is 13.2. The van der Waals surface area contributed by atoms with E-state index in [2.05, 4.69) is 15.6 Å². The Bertz CT molecular complexity index is 1120. The van der Waals surface area contributed by atoms with Gasteiger partial charge in [-0.1, -0.05) is 17.7 Å². The van der Waals surface area contributed by atoms with Gasteiger partial charge in [-0.3, -0.25) is 4.79 Å². The van der Waals surface area contributed by atoms with Crippen LogP contribution in [0.1, 0.15) is 23.2 Å². The Hall–Kier alpha value is -3.19. The van der Waals surface area contributed by atoms with Gasteiger partial charge in [0.25, 0.3) is 5.91 Å². The topological polar surface area (TPSA) is 74.3 Å². The summed E-state index contributed by atoms with van der Waals surface area (Å²) in [5, 5.41) is 6.71. The van der Waals surface area contributed by atoms with E-state index in [1.54, 1.807) is 24.3 Å². The van der Waals surface area contributed by atoms with Gasteiger partial charge in [0.05, 0.1) is 5.52 Å². The minimum Gasteiger partial charge on any atom is -0.338 e. The van der Waals surface area contributed by atoms with Gasteiger partial charge in [-0.2, -0.15) is 0 Å². The minimum atomic E-state index is -0.410. The van der Waals surface area contributed by atoms with Crippen molar-refractivity contribution >= 4 is 40.1 Å². The fourth-order valence-electron chi connectivity index (χ4n) is 3.81. The highest BCUT2D eigenvalue weighted by Crippen LogP contribution is 2.21. The number of carbonyl (C=O) groups excluding carboxylic acids is 2. The number of amides is 3. The van der Waals surface area contributed by atoms with E-state index in [0.29, 0.717) is 36.0 Å². The molecule has 1 atom stereocenters. The van der Waals surface area contributed by atoms with Crippen LogP contribution in [-0.4, -0.2) is 41.5 Å². The molecular weight excluding hydrogens is 419 g/mol. The summed E-state index contributed by atoms with van der Waals surface area (Å²) in [5.41, 5.74) is 1.74. The number of benzene rings is 2. The molecule has 160 valence electrons. The standard InChI is InChI=1S/C23H22ClFN4O2/c24-21-9-7-16-11-17(6-8-20(16)28-21)22(30)29-10-2-3-15(14-29)13-26-23(31)27-19-5-1-4-18(25)12-19/h1,4-9,11-12,15H,2-3,10,13-14H2,(H2,26,27,31). The van der Waals surface area contributed by atoms with Gasteiger partial charge in [0.1, 0.15) is 11.0 Å². The van der Waals surface area contributed by atoms with Crippen LogP contribution in [0.3, 0.4) is 0 Å². The number of pyridine rings is 1. The molecule has 3 aromatic rings. The first kappa shape index (κ1) is 21.1. The van der Waals surface area contributed by atoms with Gasteiger partial charge in [-0.05, 0) is 67.3 Å². The lowest BCUT2D eigenvalue weighted by Gasteiger charge is -2.33. The van der Waals surface area contributed by atoms with Crippen molar-refractivity contribution in [3.05, 3.63) is 71.1 Å². The van der Waals surface area contributed by atoms with Gasteiger partial charge >= 0.3 is 6.03 Å². The zero-order chi connectivity index (χ0) is 21.8. The van der Waals surface area contributed by atoms with E-state index < -0.39 is 11.8 Å². The average Bonchev–Trinajstić information content (AvgIpc) is 2.77. The van der Waals surface area contributed by atoms with E-state index >= 15 is 0 Å². The molecular formula is C23H22ClFN4O2. The Balaban J connectivity index is 1.34. The third kappa shape index (κ3) is 5.30. The summed E-state index contributed by atoms with van der Waals surface area (Å²) in [4.78, 5) is 31.2. The largest absolute Gasteiger partial charge is 0.338 e. The van der Waals surface area contributed by atoms with Crippen LogP contribution in [0.15, 0.2) is 54.6 Å². The van der Waals surface area contributed by atoms with Crippen molar-refractivity contribution in [1.82, 2.24) is 15.2 Å². The molecule has 1 aromatic heterocycles. The molecule has 3 amide bonds. The van der Waals surface area contributed by atoms with Crippen molar-refractivity contribution in [1.29, 1.82) is 0 Å². The smallest absolute Gasteiger partial charge is 0.319 e. The predicted octanol–water partition coefficient (Wildman–Crippen LogP) is 4.70. The first-order valence-electron chi connectivity index (χ1n) is 10.1. The number of hydrogen-bond acceptors (Lipinski definition) is 3. The number of likely N-dealkylation sites (tertiary alicyclic amines) is 1. The molecule has 8 heteroatoms. The quantitative estimate of drug-likeness (QED) is 0.577. The highest BCUT2D eigenvalue weighted by Gasteiger charge is 2.25. The second-order valence-electron chi connectivity index (χ2n) is 7.65. The van der Waals surface area contributed by atoms with Crippen molar-refractivity contribution in [2.24, 2.45) is 5.92 Å². The van der Waals surface area contributed by atoms with Crippen molar-refractivity contribution in [2.45, 2.75) is 12.8 Å². The number of carbonyl (C=O) groups is 2. The zero-order valence-corrected chi connectivity index (χ0v) is 17.5. The van der Waals surface area contributed by atoms with Crippen LogP contribution >= 0.6 is 11.6 Å². The number of aromatic nitrogens is 1. The maximum atomic E-state index is 13.2. The highest BCUT2D eigenvalue weighted by molar-refractivity contribution is 6.29. The number of urea groups is 1. The average molecular weight is 441 g/mol. The van der Waals surface area contributed by atoms with Crippen molar-refractivity contribution in [2.75, 3.05) is 25.0 Å². The number of rotatable bonds is 4. The second kappa shape index (κ2) is 9.31. The van der Waals surface area contributed by atoms with E-state index in [1.807, 2.05) is 17.0 Å². The van der Waals surface area contributed by atoms with Crippen LogP contribution in [0.4, 0.5) is 14.9 Å². The molecule has 1 saturated heterocycles. The summed E-state index contributed by atoms with van der Waals surface area (Å²) in [6.07, 6.45) is 1.79. The summed E-state index contributed by atoms with van der Waals surface area (Å²) in [6, 6.07) is 14.3. The number of anilines is 1. The van der Waals surface area contributed by atoms with Crippen LogP contribution < -0.4 is 10.6 Å². The minimum absolute atomic E-state index is 0.0363. The molecule has 6 nitrogen and oxygen atoms in total. The summed E-state index contributed by atoms with van der Waals surface area (Å²) >= 11 is 5.93. The van der Waals surface area contributed by atoms with Gasteiger partial charge in [-0.15, -0.1) is 0 Å². The first-order chi connectivity index (χ1) is 15.0. The molecule has 0 bridgehead atoms. The number of hydrogen-bond donors (Lipinski definition) is 2. The normalized spacial score (nSPS) is 16.2. The van der Waals surface area contributed by atoms with Gasteiger partial charge in [0.2, 0.25) is 0 Å². The summed E-state index contributed by atoms with van der Waals surface area (Å²) in [5.74, 6) is -0.297. The Kier molecular flexibility index (Phi) is 6.32. The molecule has 1 aliphatic heterocycles. The van der Waals surface area contributed by atoms with Crippen molar-refractivity contribution in [3.63, 3.8) is 0 Å². The lowest BCUT2D eigenvalue weighted by Crippen LogP contribution is -2.44. The van der Waals surface area contributed by atoms with Gasteiger partial charge < -0.3 is 15.5 Å². The number of nitrogens with zero attached hydrogens (tertiary/aromatic N) is 2. The van der Waals surface area contributed by atoms with Gasteiger partial charge in [-0.25, -0.2) is 14.2 Å². The van der Waals surface area contributed by atoms with Crippen LogP contribution in [0.2, 0.25) is 5.15 Å². The molecule has 4 rings (SSSR count). The molecule has 2 aromatic carbocycles. The Morgan fingerprint density at radius 1 is 1.16 bits per heavy atom. The lowest BCUT2D eigenvalue weighted by molar-refractivity contribution is 0.0675. The van der Waals surface area contributed by atoms with Crippen LogP contribution in [-0.2, 0) is 0 Å². The number of nitrogens with one attached hydrogen (secondary N) is 2. The third-order valence-electron chi connectivity index (χ3n) is 5.34. The Labute approximate surface area is 184 Å². The fraction of sp³-hybridized carbons (Fsp3) is 0.261. The van der Waals surface area contributed by atoms with Crippen LogP contribution in [0.25, 0.3) is 10.9 Å². The lowest BCUT2D eigenvalue weighted by atomic mass is 9.97. The number of halogens is 2. The monoisotopic (exact) mass is 440 g/mol. The highest BCUT2D eigenvalue weighted by atomic mass is 35.5. The maximum absolute atomic E-state index is 13.2. The van der Waals surface area contributed by atoms with E-state index in [1.165, 1.54) is 18.2 Å². The summed E-state index contributed by atoms with van der Waals surface area (Å²) in [6.45, 7) is 1.68. The fourth-order valence-corrected chi connectivity index (χ4v) is 3.97. The predicted molar refractivity (Wildman–Crippen MR) is 119 cm³/mol. The maximum Gasteiger partial charge on any atom is 0.319 e. The van der Waals surface area contributed by atoms with Gasteiger partial charge in [0, 0.05) is 36.3 Å².